The van der Waals surface area contributed by atoms with Gasteiger partial charge in [-0.2, -0.15) is 0 Å². The number of amides is 1. The number of carbonyl (C=O) groups is 3. The molecule has 7 heteroatoms. The van der Waals surface area contributed by atoms with Gasteiger partial charge in [0.15, 0.2) is 0 Å². The highest BCUT2D eigenvalue weighted by molar-refractivity contribution is 5.98. The predicted molar refractivity (Wildman–Crippen MR) is 109 cm³/mol. The molecule has 0 heterocycles. The third-order valence-corrected chi connectivity index (χ3v) is 4.16. The molecule has 2 aromatic carbocycles. The van der Waals surface area contributed by atoms with Crippen LogP contribution in [0.15, 0.2) is 24.3 Å². The van der Waals surface area contributed by atoms with Crippen LogP contribution in [0.2, 0.25) is 0 Å². The van der Waals surface area contributed by atoms with Crippen molar-refractivity contribution in [3.8, 4) is 11.5 Å². The monoisotopic (exact) mass is 401 g/mol. The second-order valence-corrected chi connectivity index (χ2v) is 7.61. The molecule has 2 aromatic rings. The Hall–Kier alpha value is -3.09. The van der Waals surface area contributed by atoms with E-state index in [4.69, 9.17) is 14.2 Å². The zero-order valence-corrected chi connectivity index (χ0v) is 17.7. The van der Waals surface area contributed by atoms with Gasteiger partial charge in [-0.3, -0.25) is 4.79 Å². The summed E-state index contributed by atoms with van der Waals surface area (Å²) in [5, 5.41) is 3.69. The Morgan fingerprint density at radius 2 is 1.38 bits per heavy atom. The molecule has 1 N–H and O–H groups in total. The van der Waals surface area contributed by atoms with E-state index in [1.807, 2.05) is 6.07 Å². The number of ether oxygens (including phenoxy) is 3. The van der Waals surface area contributed by atoms with Crippen LogP contribution < -0.4 is 14.8 Å². The number of rotatable bonds is 5. The van der Waals surface area contributed by atoms with E-state index in [9.17, 15) is 14.4 Å². The molecule has 1 amide bonds. The van der Waals surface area contributed by atoms with Gasteiger partial charge in [0, 0.05) is 17.2 Å². The van der Waals surface area contributed by atoms with Crippen molar-refractivity contribution in [3.63, 3.8) is 0 Å². The molecule has 29 heavy (non-hydrogen) atoms. The van der Waals surface area contributed by atoms with E-state index in [-0.39, 0.29) is 18.9 Å². The Labute approximate surface area is 170 Å². The Morgan fingerprint density at radius 1 is 0.897 bits per heavy atom. The molecule has 0 unspecified atom stereocenters. The van der Waals surface area contributed by atoms with E-state index >= 15 is 0 Å². The Balaban J connectivity index is 2.28. The van der Waals surface area contributed by atoms with Gasteiger partial charge in [-0.15, -0.1) is 0 Å². The first-order valence-corrected chi connectivity index (χ1v) is 9.43. The summed E-state index contributed by atoms with van der Waals surface area (Å²) >= 11 is 0. The van der Waals surface area contributed by atoms with Crippen LogP contribution in [0, 0.1) is 13.8 Å². The molecule has 0 aromatic heterocycles. The molecular formula is C22H27NO6. The standard InChI is InChI=1S/C22H27NO6/c1-7-17(24)27-19-13(2)14(3)20(16-11-9-8-10-15(16)19)28-18(25)12-23-21(26)29-22(4,5)6/h8-11H,7,12H2,1-6H3,(H,23,26). The van der Waals surface area contributed by atoms with E-state index in [0.29, 0.717) is 33.4 Å². The maximum absolute atomic E-state index is 12.3. The number of fused-ring (bicyclic) bond motifs is 1. The van der Waals surface area contributed by atoms with Gasteiger partial charge in [-0.05, 0) is 45.7 Å². The number of carbonyl (C=O) groups excluding carboxylic acids is 3. The minimum Gasteiger partial charge on any atom is -0.444 e. The zero-order chi connectivity index (χ0) is 21.8. The van der Waals surface area contributed by atoms with Gasteiger partial charge >= 0.3 is 18.0 Å². The second kappa shape index (κ2) is 8.94. The molecule has 156 valence electrons. The average Bonchev–Trinajstić information content (AvgIpc) is 2.65. The molecule has 0 saturated heterocycles. The fraction of sp³-hybridized carbons (Fsp3) is 0.409. The molecule has 0 atom stereocenters. The van der Waals surface area contributed by atoms with Crippen LogP contribution in [0.3, 0.4) is 0 Å². The molecule has 7 nitrogen and oxygen atoms in total. The van der Waals surface area contributed by atoms with Gasteiger partial charge in [0.25, 0.3) is 0 Å². The van der Waals surface area contributed by atoms with E-state index in [1.54, 1.807) is 59.7 Å². The third kappa shape index (κ3) is 5.70. The summed E-state index contributed by atoms with van der Waals surface area (Å²) < 4.78 is 16.2. The fourth-order valence-electron chi connectivity index (χ4n) is 2.68. The summed E-state index contributed by atoms with van der Waals surface area (Å²) in [6.45, 7) is 10.2. The van der Waals surface area contributed by atoms with Crippen molar-refractivity contribution < 1.29 is 28.6 Å². The van der Waals surface area contributed by atoms with Crippen LogP contribution in [0.25, 0.3) is 10.8 Å². The number of nitrogens with one attached hydrogen (secondary N) is 1. The fourth-order valence-corrected chi connectivity index (χ4v) is 2.68. The van der Waals surface area contributed by atoms with Crippen molar-refractivity contribution in [2.24, 2.45) is 0 Å². The summed E-state index contributed by atoms with van der Waals surface area (Å²) in [7, 11) is 0. The van der Waals surface area contributed by atoms with Crippen molar-refractivity contribution >= 4 is 28.8 Å². The molecule has 0 saturated carbocycles. The minimum atomic E-state index is -0.700. The highest BCUT2D eigenvalue weighted by Crippen LogP contribution is 2.40. The second-order valence-electron chi connectivity index (χ2n) is 7.61. The average molecular weight is 401 g/mol. The molecule has 0 aliphatic rings. The van der Waals surface area contributed by atoms with Gasteiger partial charge in [0.1, 0.15) is 23.6 Å². The molecule has 0 fully saturated rings. The van der Waals surface area contributed by atoms with Gasteiger partial charge in [-0.1, -0.05) is 31.2 Å². The predicted octanol–water partition coefficient (Wildman–Crippen LogP) is 4.20. The van der Waals surface area contributed by atoms with E-state index in [0.717, 1.165) is 0 Å². The first-order chi connectivity index (χ1) is 13.5. The molecule has 0 spiro atoms. The molecule has 0 aliphatic heterocycles. The van der Waals surface area contributed by atoms with Crippen LogP contribution >= 0.6 is 0 Å². The van der Waals surface area contributed by atoms with E-state index in [2.05, 4.69) is 5.32 Å². The smallest absolute Gasteiger partial charge is 0.408 e. The highest BCUT2D eigenvalue weighted by Gasteiger charge is 2.21. The summed E-state index contributed by atoms with van der Waals surface area (Å²) in [5.41, 5.74) is 0.713. The summed E-state index contributed by atoms with van der Waals surface area (Å²) in [6, 6.07) is 7.21. The lowest BCUT2D eigenvalue weighted by Gasteiger charge is -2.20. The Bertz CT molecular complexity index is 942. The lowest BCUT2D eigenvalue weighted by Crippen LogP contribution is -2.36. The van der Waals surface area contributed by atoms with E-state index < -0.39 is 17.7 Å². The third-order valence-electron chi connectivity index (χ3n) is 4.16. The first kappa shape index (κ1) is 22.2. The SMILES string of the molecule is CCC(=O)Oc1c(C)c(C)c(OC(=O)CNC(=O)OC(C)(C)C)c2ccccc12. The summed E-state index contributed by atoms with van der Waals surface area (Å²) in [4.78, 5) is 35.9. The van der Waals surface area contributed by atoms with Gasteiger partial charge in [0.05, 0.1) is 0 Å². The largest absolute Gasteiger partial charge is 0.444 e. The van der Waals surface area contributed by atoms with Gasteiger partial charge in [-0.25, -0.2) is 9.59 Å². The maximum Gasteiger partial charge on any atom is 0.408 e. The lowest BCUT2D eigenvalue weighted by atomic mass is 9.99. The summed E-state index contributed by atoms with van der Waals surface area (Å²) in [6.07, 6.45) is -0.450. The summed E-state index contributed by atoms with van der Waals surface area (Å²) in [5.74, 6) is -0.159. The topological polar surface area (TPSA) is 90.9 Å². The highest BCUT2D eigenvalue weighted by atomic mass is 16.6. The number of alkyl carbamates (subject to hydrolysis) is 1. The quantitative estimate of drug-likeness (QED) is 0.596. The van der Waals surface area contributed by atoms with Crippen molar-refractivity contribution in [1.82, 2.24) is 5.32 Å². The number of benzene rings is 2. The molecule has 0 bridgehead atoms. The van der Waals surface area contributed by atoms with Gasteiger partial charge in [0.2, 0.25) is 0 Å². The molecule has 2 rings (SSSR count). The molecule has 0 radical (unpaired) electrons. The van der Waals surface area contributed by atoms with Crippen LogP contribution in [0.5, 0.6) is 11.5 Å². The minimum absolute atomic E-state index is 0.250. The molecular weight excluding hydrogens is 374 g/mol. The Kier molecular flexibility index (Phi) is 6.84. The number of esters is 2. The van der Waals surface area contributed by atoms with E-state index in [1.165, 1.54) is 0 Å². The van der Waals surface area contributed by atoms with Crippen LogP contribution in [0.1, 0.15) is 45.2 Å². The van der Waals surface area contributed by atoms with Crippen molar-refractivity contribution in [2.75, 3.05) is 6.54 Å². The first-order valence-electron chi connectivity index (χ1n) is 9.43. The number of hydrogen-bond donors (Lipinski definition) is 1. The van der Waals surface area contributed by atoms with Crippen molar-refractivity contribution in [1.29, 1.82) is 0 Å². The van der Waals surface area contributed by atoms with Crippen molar-refractivity contribution in [2.45, 2.75) is 53.6 Å². The zero-order valence-electron chi connectivity index (χ0n) is 17.7. The van der Waals surface area contributed by atoms with Crippen molar-refractivity contribution in [3.05, 3.63) is 35.4 Å². The van der Waals surface area contributed by atoms with Crippen LogP contribution in [-0.4, -0.2) is 30.2 Å². The van der Waals surface area contributed by atoms with Crippen LogP contribution in [0.4, 0.5) is 4.79 Å². The van der Waals surface area contributed by atoms with Crippen LogP contribution in [-0.2, 0) is 14.3 Å². The number of hydrogen-bond acceptors (Lipinski definition) is 6. The Morgan fingerprint density at radius 3 is 1.83 bits per heavy atom. The molecule has 0 aliphatic carbocycles. The van der Waals surface area contributed by atoms with Gasteiger partial charge < -0.3 is 19.5 Å². The normalized spacial score (nSPS) is 11.1. The lowest BCUT2D eigenvalue weighted by molar-refractivity contribution is -0.134. The maximum atomic E-state index is 12.3.